The Hall–Kier alpha value is -1.59. The molecule has 5 heteroatoms. The zero-order valence-corrected chi connectivity index (χ0v) is 13.3. The maximum absolute atomic E-state index is 12.4. The molecule has 0 atom stereocenters. The van der Waals surface area contributed by atoms with E-state index in [1.807, 2.05) is 6.92 Å². The number of halogens is 1. The third kappa shape index (κ3) is 1.98. The molecule has 2 aromatic heterocycles. The van der Waals surface area contributed by atoms with Crippen LogP contribution < -0.4 is 5.43 Å². The van der Waals surface area contributed by atoms with Crippen LogP contribution in [0.5, 0.6) is 5.75 Å². The molecule has 3 rings (SSSR count). The Balaban J connectivity index is 2.36. The fraction of sp³-hybridized carbons (Fsp3) is 0.133. The summed E-state index contributed by atoms with van der Waals surface area (Å²) in [6, 6.07) is 6.62. The lowest BCUT2D eigenvalue weighted by Crippen LogP contribution is -2.05. The normalized spacial score (nSPS) is 11.2. The highest BCUT2D eigenvalue weighted by atomic mass is 79.9. The predicted molar refractivity (Wildman–Crippen MR) is 84.6 cm³/mol. The van der Waals surface area contributed by atoms with Gasteiger partial charge >= 0.3 is 0 Å². The molecule has 0 radical (unpaired) electrons. The van der Waals surface area contributed by atoms with Crippen molar-refractivity contribution in [1.82, 2.24) is 0 Å². The zero-order chi connectivity index (χ0) is 14.4. The fourth-order valence-electron chi connectivity index (χ4n) is 2.08. The predicted octanol–water partition coefficient (Wildman–Crippen LogP) is 4.61. The van der Waals surface area contributed by atoms with Gasteiger partial charge in [0.05, 0.1) is 4.47 Å². The van der Waals surface area contributed by atoms with Crippen LogP contribution >= 0.6 is 27.3 Å². The Morgan fingerprint density at radius 3 is 2.50 bits per heavy atom. The molecule has 0 saturated heterocycles. The van der Waals surface area contributed by atoms with Gasteiger partial charge in [0.15, 0.2) is 5.58 Å². The Morgan fingerprint density at radius 2 is 1.85 bits per heavy atom. The van der Waals surface area contributed by atoms with E-state index >= 15 is 0 Å². The maximum Gasteiger partial charge on any atom is 0.206 e. The van der Waals surface area contributed by atoms with Crippen molar-refractivity contribution in [2.75, 3.05) is 0 Å². The van der Waals surface area contributed by atoms with E-state index in [0.717, 1.165) is 14.9 Å². The van der Waals surface area contributed by atoms with E-state index < -0.39 is 0 Å². The number of aromatic hydroxyl groups is 1. The average molecular weight is 351 g/mol. The van der Waals surface area contributed by atoms with Crippen molar-refractivity contribution in [3.05, 3.63) is 49.4 Å². The zero-order valence-electron chi connectivity index (χ0n) is 10.9. The van der Waals surface area contributed by atoms with Gasteiger partial charge in [-0.05, 0) is 54.0 Å². The Kier molecular flexibility index (Phi) is 3.18. The van der Waals surface area contributed by atoms with Gasteiger partial charge in [-0.1, -0.05) is 0 Å². The SMILES string of the molecule is Cc1sc2c(=O)c(C)c(-c3ccc(O)cc3)oc2c1Br. The fourth-order valence-corrected chi connectivity index (χ4v) is 3.71. The molecule has 0 spiro atoms. The molecule has 102 valence electrons. The summed E-state index contributed by atoms with van der Waals surface area (Å²) >= 11 is 4.90. The highest BCUT2D eigenvalue weighted by Gasteiger charge is 2.17. The number of benzene rings is 1. The number of rotatable bonds is 1. The molecular formula is C15H11BrO3S. The van der Waals surface area contributed by atoms with Crippen molar-refractivity contribution in [1.29, 1.82) is 0 Å². The van der Waals surface area contributed by atoms with E-state index in [1.54, 1.807) is 31.2 Å². The minimum atomic E-state index is -0.00637. The molecule has 0 aliphatic carbocycles. The van der Waals surface area contributed by atoms with Crippen LogP contribution in [0, 0.1) is 13.8 Å². The largest absolute Gasteiger partial charge is 0.508 e. The number of hydrogen-bond donors (Lipinski definition) is 1. The van der Waals surface area contributed by atoms with Gasteiger partial charge in [-0.3, -0.25) is 4.79 Å². The van der Waals surface area contributed by atoms with E-state index in [4.69, 9.17) is 4.42 Å². The minimum Gasteiger partial charge on any atom is -0.508 e. The van der Waals surface area contributed by atoms with E-state index in [9.17, 15) is 9.90 Å². The third-order valence-electron chi connectivity index (χ3n) is 3.19. The van der Waals surface area contributed by atoms with Gasteiger partial charge in [0.1, 0.15) is 16.2 Å². The van der Waals surface area contributed by atoms with Crippen molar-refractivity contribution in [3.8, 4) is 17.1 Å². The third-order valence-corrected chi connectivity index (χ3v) is 5.49. The van der Waals surface area contributed by atoms with E-state index in [-0.39, 0.29) is 11.2 Å². The van der Waals surface area contributed by atoms with Crippen molar-refractivity contribution in [2.24, 2.45) is 0 Å². The van der Waals surface area contributed by atoms with Gasteiger partial charge < -0.3 is 9.52 Å². The Labute approximate surface area is 127 Å². The van der Waals surface area contributed by atoms with Crippen LogP contribution in [0.4, 0.5) is 0 Å². The van der Waals surface area contributed by atoms with Gasteiger partial charge in [-0.15, -0.1) is 11.3 Å². The van der Waals surface area contributed by atoms with Crippen LogP contribution in [0.1, 0.15) is 10.4 Å². The van der Waals surface area contributed by atoms with Crippen molar-refractivity contribution in [2.45, 2.75) is 13.8 Å². The molecule has 2 heterocycles. The minimum absolute atomic E-state index is 0.00637. The molecule has 0 aliphatic heterocycles. The van der Waals surface area contributed by atoms with E-state index in [2.05, 4.69) is 15.9 Å². The molecule has 1 aromatic carbocycles. The number of thiophene rings is 1. The second kappa shape index (κ2) is 4.75. The molecule has 0 aliphatic rings. The lowest BCUT2D eigenvalue weighted by Gasteiger charge is -2.05. The van der Waals surface area contributed by atoms with Crippen molar-refractivity contribution < 1.29 is 9.52 Å². The molecule has 0 saturated carbocycles. The monoisotopic (exact) mass is 350 g/mol. The lowest BCUT2D eigenvalue weighted by atomic mass is 10.1. The summed E-state index contributed by atoms with van der Waals surface area (Å²) in [5.41, 5.74) is 1.94. The number of phenolic OH excluding ortho intramolecular Hbond substituents is 1. The second-order valence-corrected chi connectivity index (χ2v) is 6.58. The van der Waals surface area contributed by atoms with Crippen molar-refractivity contribution in [3.63, 3.8) is 0 Å². The van der Waals surface area contributed by atoms with Gasteiger partial charge in [0.25, 0.3) is 0 Å². The maximum atomic E-state index is 12.4. The number of hydrogen-bond acceptors (Lipinski definition) is 4. The lowest BCUT2D eigenvalue weighted by molar-refractivity contribution is 0.475. The molecule has 0 fully saturated rings. The van der Waals surface area contributed by atoms with Crippen LogP contribution in [0.2, 0.25) is 0 Å². The molecule has 20 heavy (non-hydrogen) atoms. The topological polar surface area (TPSA) is 50.4 Å². The van der Waals surface area contributed by atoms with Crippen LogP contribution in [0.3, 0.4) is 0 Å². The Bertz CT molecular complexity index is 859. The number of fused-ring (bicyclic) bond motifs is 1. The molecule has 0 bridgehead atoms. The highest BCUT2D eigenvalue weighted by molar-refractivity contribution is 9.10. The first-order valence-corrected chi connectivity index (χ1v) is 7.61. The summed E-state index contributed by atoms with van der Waals surface area (Å²) in [6.07, 6.45) is 0. The van der Waals surface area contributed by atoms with Gasteiger partial charge in [0, 0.05) is 16.0 Å². The van der Waals surface area contributed by atoms with Crippen LogP contribution in [0.15, 0.2) is 37.9 Å². The van der Waals surface area contributed by atoms with E-state index in [0.29, 0.717) is 21.6 Å². The summed E-state index contributed by atoms with van der Waals surface area (Å²) in [4.78, 5) is 13.5. The quantitative estimate of drug-likeness (QED) is 0.697. The first kappa shape index (κ1) is 13.4. The number of phenols is 1. The van der Waals surface area contributed by atoms with Gasteiger partial charge in [-0.25, -0.2) is 0 Å². The smallest absolute Gasteiger partial charge is 0.206 e. The summed E-state index contributed by atoms with van der Waals surface area (Å²) < 4.78 is 7.39. The number of aryl methyl sites for hydroxylation is 1. The van der Waals surface area contributed by atoms with Crippen LogP contribution in [-0.2, 0) is 0 Å². The summed E-state index contributed by atoms with van der Waals surface area (Å²) in [6.45, 7) is 3.70. The summed E-state index contributed by atoms with van der Waals surface area (Å²) in [7, 11) is 0. The first-order valence-electron chi connectivity index (χ1n) is 6.00. The standard InChI is InChI=1S/C15H11BrO3S/c1-7-12(18)15-14(11(16)8(2)20-15)19-13(7)9-3-5-10(17)6-4-9/h3-6,17H,1-2H3. The highest BCUT2D eigenvalue weighted by Crippen LogP contribution is 2.36. The summed E-state index contributed by atoms with van der Waals surface area (Å²) in [5, 5.41) is 9.35. The van der Waals surface area contributed by atoms with Gasteiger partial charge in [-0.2, -0.15) is 0 Å². The summed E-state index contributed by atoms with van der Waals surface area (Å²) in [5.74, 6) is 0.725. The molecule has 3 nitrogen and oxygen atoms in total. The molecule has 0 unspecified atom stereocenters. The van der Waals surface area contributed by atoms with Crippen molar-refractivity contribution >= 4 is 37.5 Å². The van der Waals surface area contributed by atoms with E-state index in [1.165, 1.54) is 11.3 Å². The molecule has 1 N–H and O–H groups in total. The van der Waals surface area contributed by atoms with Gasteiger partial charge in [0.2, 0.25) is 5.43 Å². The average Bonchev–Trinajstić information content (AvgIpc) is 2.72. The van der Waals surface area contributed by atoms with Crippen LogP contribution in [-0.4, -0.2) is 5.11 Å². The second-order valence-electron chi connectivity index (χ2n) is 4.56. The van der Waals surface area contributed by atoms with Crippen LogP contribution in [0.25, 0.3) is 21.6 Å². The molecular weight excluding hydrogens is 340 g/mol. The molecule has 0 amide bonds. The molecule has 3 aromatic rings. The Morgan fingerprint density at radius 1 is 1.20 bits per heavy atom. The first-order chi connectivity index (χ1) is 9.49.